The largest absolute Gasteiger partial charge is 0.378 e. The van der Waals surface area contributed by atoms with E-state index in [1.54, 1.807) is 0 Å². The lowest BCUT2D eigenvalue weighted by Crippen LogP contribution is -2.07. The molecule has 2 rings (SSSR count). The van der Waals surface area contributed by atoms with E-state index >= 15 is 0 Å². The molecule has 94 valence electrons. The molecule has 0 aliphatic heterocycles. The summed E-state index contributed by atoms with van der Waals surface area (Å²) < 4.78 is 3.42. The van der Waals surface area contributed by atoms with Gasteiger partial charge in [0.15, 0.2) is 0 Å². The van der Waals surface area contributed by atoms with Gasteiger partial charge in [-0.1, -0.05) is 28.1 Å². The van der Waals surface area contributed by atoms with Gasteiger partial charge in [0.2, 0.25) is 0 Å². The second-order valence-electron chi connectivity index (χ2n) is 4.05. The Balaban J connectivity index is 2.18. The fourth-order valence-electron chi connectivity index (χ4n) is 1.70. The first-order valence-electron chi connectivity index (χ1n) is 5.53. The van der Waals surface area contributed by atoms with Gasteiger partial charge in [-0.3, -0.25) is 0 Å². The maximum Gasteiger partial charge on any atom is 0.0490 e. The van der Waals surface area contributed by atoms with Gasteiger partial charge in [0, 0.05) is 24.2 Å². The number of hydrogen-bond acceptors (Lipinski definition) is 1. The van der Waals surface area contributed by atoms with E-state index in [1.165, 1.54) is 9.13 Å². The van der Waals surface area contributed by atoms with Crippen molar-refractivity contribution < 1.29 is 0 Å². The van der Waals surface area contributed by atoms with Crippen LogP contribution in [0.1, 0.15) is 18.5 Å². The monoisotopic (exact) mass is 479 g/mol. The Morgan fingerprint density at radius 1 is 1.11 bits per heavy atom. The number of anilines is 1. The standard InChI is InChI=1S/C14H12Br2IN/c1-9(10-3-2-4-11(15)7-10)18-14-6-5-12(17)8-13(14)16/h2-9,18H,1H3. The fraction of sp³-hybridized carbons (Fsp3) is 0.143. The Morgan fingerprint density at radius 3 is 2.56 bits per heavy atom. The van der Waals surface area contributed by atoms with Crippen LogP contribution in [-0.2, 0) is 0 Å². The van der Waals surface area contributed by atoms with E-state index in [2.05, 4.69) is 103 Å². The van der Waals surface area contributed by atoms with Crippen LogP contribution in [0.5, 0.6) is 0 Å². The molecule has 0 saturated heterocycles. The smallest absolute Gasteiger partial charge is 0.0490 e. The average Bonchev–Trinajstić information content (AvgIpc) is 2.32. The molecular weight excluding hydrogens is 469 g/mol. The topological polar surface area (TPSA) is 12.0 Å². The molecule has 0 aliphatic carbocycles. The molecule has 2 aromatic carbocycles. The Labute approximate surface area is 138 Å². The van der Waals surface area contributed by atoms with Gasteiger partial charge in [-0.15, -0.1) is 0 Å². The summed E-state index contributed by atoms with van der Waals surface area (Å²) in [5.74, 6) is 0. The second-order valence-corrected chi connectivity index (χ2v) is 7.06. The summed E-state index contributed by atoms with van der Waals surface area (Å²) in [6.45, 7) is 2.16. The molecule has 18 heavy (non-hydrogen) atoms. The molecule has 0 saturated carbocycles. The third-order valence-corrected chi connectivity index (χ3v) is 4.47. The summed E-state index contributed by atoms with van der Waals surface area (Å²) in [6, 6.07) is 14.9. The molecule has 0 aromatic heterocycles. The van der Waals surface area contributed by atoms with E-state index in [1.807, 2.05) is 6.07 Å². The summed E-state index contributed by atoms with van der Waals surface area (Å²) in [5, 5.41) is 3.51. The van der Waals surface area contributed by atoms with Crippen LogP contribution in [0.15, 0.2) is 51.4 Å². The molecule has 0 fully saturated rings. The molecule has 4 heteroatoms. The normalized spacial score (nSPS) is 12.2. The maximum atomic E-state index is 3.59. The lowest BCUT2D eigenvalue weighted by Gasteiger charge is -2.17. The molecule has 0 bridgehead atoms. The lowest BCUT2D eigenvalue weighted by molar-refractivity contribution is 0.882. The van der Waals surface area contributed by atoms with Crippen molar-refractivity contribution >= 4 is 60.1 Å². The average molecular weight is 481 g/mol. The molecule has 2 aromatic rings. The number of rotatable bonds is 3. The minimum absolute atomic E-state index is 0.263. The molecule has 0 heterocycles. The highest BCUT2D eigenvalue weighted by atomic mass is 127. The fourth-order valence-corrected chi connectivity index (χ4v) is 3.53. The lowest BCUT2D eigenvalue weighted by atomic mass is 10.1. The predicted molar refractivity (Wildman–Crippen MR) is 93.0 cm³/mol. The van der Waals surface area contributed by atoms with Gasteiger partial charge >= 0.3 is 0 Å². The van der Waals surface area contributed by atoms with Crippen molar-refractivity contribution in [1.29, 1.82) is 0 Å². The number of halogens is 3. The first kappa shape index (κ1) is 14.3. The minimum Gasteiger partial charge on any atom is -0.378 e. The van der Waals surface area contributed by atoms with Crippen molar-refractivity contribution in [2.24, 2.45) is 0 Å². The van der Waals surface area contributed by atoms with E-state index in [9.17, 15) is 0 Å². The number of nitrogens with one attached hydrogen (secondary N) is 1. The van der Waals surface area contributed by atoms with Gasteiger partial charge in [-0.05, 0) is 81.3 Å². The van der Waals surface area contributed by atoms with Crippen LogP contribution in [0, 0.1) is 3.57 Å². The number of benzene rings is 2. The highest BCUT2D eigenvalue weighted by Crippen LogP contribution is 2.28. The Kier molecular flexibility index (Phi) is 5.09. The molecular formula is C14H12Br2IN. The van der Waals surface area contributed by atoms with Crippen LogP contribution >= 0.6 is 54.5 Å². The van der Waals surface area contributed by atoms with Crippen LogP contribution in [0.3, 0.4) is 0 Å². The van der Waals surface area contributed by atoms with Gasteiger partial charge in [-0.25, -0.2) is 0 Å². The number of hydrogen-bond donors (Lipinski definition) is 1. The van der Waals surface area contributed by atoms with Crippen molar-refractivity contribution in [1.82, 2.24) is 0 Å². The summed E-state index contributed by atoms with van der Waals surface area (Å²) in [5.41, 5.74) is 2.37. The molecule has 0 spiro atoms. The van der Waals surface area contributed by atoms with E-state index in [0.29, 0.717) is 0 Å². The second kappa shape index (κ2) is 6.39. The summed E-state index contributed by atoms with van der Waals surface area (Å²) in [6.07, 6.45) is 0. The highest BCUT2D eigenvalue weighted by Gasteiger charge is 2.08. The minimum atomic E-state index is 0.263. The van der Waals surface area contributed by atoms with Crippen molar-refractivity contribution in [3.63, 3.8) is 0 Å². The van der Waals surface area contributed by atoms with Gasteiger partial charge < -0.3 is 5.32 Å². The van der Waals surface area contributed by atoms with Gasteiger partial charge in [-0.2, -0.15) is 0 Å². The van der Waals surface area contributed by atoms with Crippen LogP contribution in [0.25, 0.3) is 0 Å². The van der Waals surface area contributed by atoms with Crippen LogP contribution in [0.4, 0.5) is 5.69 Å². The van der Waals surface area contributed by atoms with Crippen molar-refractivity contribution in [2.45, 2.75) is 13.0 Å². The van der Waals surface area contributed by atoms with Crippen LogP contribution in [0.2, 0.25) is 0 Å². The molecule has 1 nitrogen and oxygen atoms in total. The maximum absolute atomic E-state index is 3.59. The molecule has 0 aliphatic rings. The van der Waals surface area contributed by atoms with E-state index < -0.39 is 0 Å². The third-order valence-electron chi connectivity index (χ3n) is 2.65. The zero-order valence-corrected chi connectivity index (χ0v) is 15.1. The summed E-state index contributed by atoms with van der Waals surface area (Å²) >= 11 is 9.40. The Morgan fingerprint density at radius 2 is 1.89 bits per heavy atom. The van der Waals surface area contributed by atoms with Crippen molar-refractivity contribution in [3.8, 4) is 0 Å². The van der Waals surface area contributed by atoms with Crippen molar-refractivity contribution in [2.75, 3.05) is 5.32 Å². The first-order valence-corrected chi connectivity index (χ1v) is 8.20. The van der Waals surface area contributed by atoms with E-state index in [-0.39, 0.29) is 6.04 Å². The predicted octanol–water partition coefficient (Wildman–Crippen LogP) is 5.99. The van der Waals surface area contributed by atoms with Crippen LogP contribution < -0.4 is 5.32 Å². The third kappa shape index (κ3) is 3.71. The molecule has 1 unspecified atom stereocenters. The summed E-state index contributed by atoms with van der Waals surface area (Å²) in [7, 11) is 0. The zero-order chi connectivity index (χ0) is 13.1. The molecule has 0 radical (unpaired) electrons. The highest BCUT2D eigenvalue weighted by molar-refractivity contribution is 14.1. The summed E-state index contributed by atoms with van der Waals surface area (Å²) in [4.78, 5) is 0. The Bertz CT molecular complexity index is 557. The van der Waals surface area contributed by atoms with Gasteiger partial charge in [0.1, 0.15) is 0 Å². The molecule has 0 amide bonds. The van der Waals surface area contributed by atoms with E-state index in [0.717, 1.165) is 14.6 Å². The van der Waals surface area contributed by atoms with Gasteiger partial charge in [0.05, 0.1) is 0 Å². The quantitative estimate of drug-likeness (QED) is 0.532. The first-order chi connectivity index (χ1) is 8.56. The van der Waals surface area contributed by atoms with Crippen LogP contribution in [-0.4, -0.2) is 0 Å². The molecule has 1 N–H and O–H groups in total. The van der Waals surface area contributed by atoms with Gasteiger partial charge in [0.25, 0.3) is 0 Å². The van der Waals surface area contributed by atoms with E-state index in [4.69, 9.17) is 0 Å². The van der Waals surface area contributed by atoms with Crippen molar-refractivity contribution in [3.05, 3.63) is 60.5 Å². The zero-order valence-electron chi connectivity index (χ0n) is 9.75. The Hall–Kier alpha value is -0.0700. The SMILES string of the molecule is CC(Nc1ccc(I)cc1Br)c1cccc(Br)c1. The molecule has 1 atom stereocenters.